The largest absolute Gasteiger partial charge is 0.357 e. The number of hydrogen-bond acceptors (Lipinski definition) is 4. The number of nitrogens with one attached hydrogen (secondary N) is 1. The molecule has 31 heavy (non-hydrogen) atoms. The molecule has 0 unspecified atom stereocenters. The lowest BCUT2D eigenvalue weighted by molar-refractivity contribution is -0.139. The summed E-state index contributed by atoms with van der Waals surface area (Å²) in [6.07, 6.45) is 1.03. The quantitative estimate of drug-likeness (QED) is 0.472. The van der Waals surface area contributed by atoms with Gasteiger partial charge in [-0.2, -0.15) is 0 Å². The number of halogens is 3. The SMILES string of the molecule is CNC(=O)[C@@H](C)N(Cc1ccc(Cl)c(Cl)c1)C(=O)CN(c1ccc(I)cc1)S(C)(=O)=O. The van der Waals surface area contributed by atoms with Crippen LogP contribution in [0.3, 0.4) is 0 Å². The van der Waals surface area contributed by atoms with E-state index in [0.29, 0.717) is 21.3 Å². The highest BCUT2D eigenvalue weighted by molar-refractivity contribution is 14.1. The molecule has 0 radical (unpaired) electrons. The molecule has 2 amide bonds. The van der Waals surface area contributed by atoms with Gasteiger partial charge in [-0.3, -0.25) is 13.9 Å². The molecule has 0 spiro atoms. The van der Waals surface area contributed by atoms with Crippen LogP contribution in [0, 0.1) is 3.57 Å². The van der Waals surface area contributed by atoms with Crippen molar-refractivity contribution in [3.8, 4) is 0 Å². The van der Waals surface area contributed by atoms with Crippen molar-refractivity contribution < 1.29 is 18.0 Å². The fourth-order valence-electron chi connectivity index (χ4n) is 2.85. The zero-order valence-corrected chi connectivity index (χ0v) is 21.6. The number of carbonyl (C=O) groups excluding carboxylic acids is 2. The van der Waals surface area contributed by atoms with E-state index in [9.17, 15) is 18.0 Å². The first-order chi connectivity index (χ1) is 14.4. The van der Waals surface area contributed by atoms with Gasteiger partial charge < -0.3 is 10.2 Å². The third-order valence-corrected chi connectivity index (χ3v) is 7.14. The Morgan fingerprint density at radius 3 is 2.23 bits per heavy atom. The van der Waals surface area contributed by atoms with Crippen LogP contribution in [-0.2, 0) is 26.2 Å². The Balaban J connectivity index is 2.38. The Bertz CT molecular complexity index is 1060. The Morgan fingerprint density at radius 2 is 1.71 bits per heavy atom. The lowest BCUT2D eigenvalue weighted by Crippen LogP contribution is -2.50. The van der Waals surface area contributed by atoms with Crippen LogP contribution >= 0.6 is 45.8 Å². The van der Waals surface area contributed by atoms with Crippen molar-refractivity contribution in [2.45, 2.75) is 19.5 Å². The maximum absolute atomic E-state index is 13.2. The topological polar surface area (TPSA) is 86.8 Å². The zero-order valence-electron chi connectivity index (χ0n) is 17.1. The minimum absolute atomic E-state index is 0.0502. The van der Waals surface area contributed by atoms with Gasteiger partial charge in [0.15, 0.2) is 0 Å². The molecule has 1 atom stereocenters. The molecule has 11 heteroatoms. The van der Waals surface area contributed by atoms with Gasteiger partial charge in [0, 0.05) is 17.2 Å². The highest BCUT2D eigenvalue weighted by atomic mass is 127. The van der Waals surface area contributed by atoms with E-state index in [0.717, 1.165) is 14.1 Å². The number of amides is 2. The molecular formula is C20H22Cl2IN3O4S. The molecule has 0 aromatic heterocycles. The van der Waals surface area contributed by atoms with E-state index >= 15 is 0 Å². The van der Waals surface area contributed by atoms with E-state index in [4.69, 9.17) is 23.2 Å². The van der Waals surface area contributed by atoms with E-state index in [-0.39, 0.29) is 12.5 Å². The predicted molar refractivity (Wildman–Crippen MR) is 132 cm³/mol. The van der Waals surface area contributed by atoms with Crippen molar-refractivity contribution in [2.75, 3.05) is 24.2 Å². The van der Waals surface area contributed by atoms with Gasteiger partial charge in [0.1, 0.15) is 12.6 Å². The summed E-state index contributed by atoms with van der Waals surface area (Å²) in [6, 6.07) is 10.8. The van der Waals surface area contributed by atoms with Crippen molar-refractivity contribution in [3.63, 3.8) is 0 Å². The molecule has 2 aromatic rings. The molecule has 2 rings (SSSR count). The van der Waals surface area contributed by atoms with Crippen LogP contribution in [0.2, 0.25) is 10.0 Å². The van der Waals surface area contributed by atoms with E-state index in [1.807, 2.05) is 0 Å². The van der Waals surface area contributed by atoms with E-state index < -0.39 is 28.5 Å². The van der Waals surface area contributed by atoms with Crippen LogP contribution in [0.1, 0.15) is 12.5 Å². The molecule has 0 fully saturated rings. The number of hydrogen-bond donors (Lipinski definition) is 1. The van der Waals surface area contributed by atoms with Gasteiger partial charge in [-0.25, -0.2) is 8.42 Å². The number of sulfonamides is 1. The molecule has 0 saturated carbocycles. The molecule has 0 aliphatic heterocycles. The summed E-state index contributed by atoms with van der Waals surface area (Å²) in [5, 5.41) is 3.20. The first-order valence-corrected chi connectivity index (χ1v) is 12.8. The Kier molecular flexibility index (Phi) is 8.99. The van der Waals surface area contributed by atoms with Gasteiger partial charge in [0.2, 0.25) is 21.8 Å². The van der Waals surface area contributed by atoms with Crippen molar-refractivity contribution >= 4 is 73.3 Å². The second-order valence-electron chi connectivity index (χ2n) is 6.81. The summed E-state index contributed by atoms with van der Waals surface area (Å²) in [6.45, 7) is 1.17. The van der Waals surface area contributed by atoms with Crippen molar-refractivity contribution in [1.29, 1.82) is 0 Å². The zero-order chi connectivity index (χ0) is 23.3. The highest BCUT2D eigenvalue weighted by Gasteiger charge is 2.29. The smallest absolute Gasteiger partial charge is 0.244 e. The summed E-state index contributed by atoms with van der Waals surface area (Å²) in [5.41, 5.74) is 1.01. The second kappa shape index (κ2) is 10.8. The van der Waals surface area contributed by atoms with Gasteiger partial charge in [-0.05, 0) is 71.5 Å². The first-order valence-electron chi connectivity index (χ1n) is 9.12. The number of anilines is 1. The first kappa shape index (κ1) is 25.7. The average molecular weight is 598 g/mol. The Labute approximate surface area is 205 Å². The van der Waals surface area contributed by atoms with Crippen LogP contribution in [0.15, 0.2) is 42.5 Å². The summed E-state index contributed by atoms with van der Waals surface area (Å²) in [7, 11) is -2.28. The molecule has 2 aromatic carbocycles. The van der Waals surface area contributed by atoms with Crippen molar-refractivity contribution in [3.05, 3.63) is 61.6 Å². The van der Waals surface area contributed by atoms with Crippen molar-refractivity contribution in [2.24, 2.45) is 0 Å². The maximum atomic E-state index is 13.2. The molecular weight excluding hydrogens is 576 g/mol. The summed E-state index contributed by atoms with van der Waals surface area (Å²) in [4.78, 5) is 26.8. The third-order valence-electron chi connectivity index (χ3n) is 4.54. The molecule has 0 heterocycles. The highest BCUT2D eigenvalue weighted by Crippen LogP contribution is 2.24. The number of rotatable bonds is 8. The number of nitrogens with zero attached hydrogens (tertiary/aromatic N) is 2. The Hall–Kier alpha value is -1.56. The summed E-state index contributed by atoms with van der Waals surface area (Å²) >= 11 is 14.1. The molecule has 0 aliphatic carbocycles. The van der Waals surface area contributed by atoms with E-state index in [2.05, 4.69) is 27.9 Å². The normalized spacial score (nSPS) is 12.2. The molecule has 1 N–H and O–H groups in total. The minimum atomic E-state index is -3.75. The van der Waals surface area contributed by atoms with Crippen LogP contribution in [0.4, 0.5) is 5.69 Å². The van der Waals surface area contributed by atoms with Crippen LogP contribution in [-0.4, -0.2) is 51.0 Å². The number of carbonyl (C=O) groups is 2. The number of benzene rings is 2. The molecule has 168 valence electrons. The summed E-state index contributed by atoms with van der Waals surface area (Å²) in [5.74, 6) is -0.917. The standard InChI is InChI=1S/C20H22Cl2IN3O4S/c1-13(20(28)24-2)25(11-14-4-9-17(21)18(22)10-14)19(27)12-26(31(3,29)30)16-7-5-15(23)6-8-16/h4-10,13H,11-12H2,1-3H3,(H,24,28)/t13-/m1/s1. The van der Waals surface area contributed by atoms with Gasteiger partial charge in [0.25, 0.3) is 0 Å². The van der Waals surface area contributed by atoms with Crippen molar-refractivity contribution in [1.82, 2.24) is 10.2 Å². The third kappa shape index (κ3) is 6.96. The van der Waals surface area contributed by atoms with Gasteiger partial charge in [-0.15, -0.1) is 0 Å². The van der Waals surface area contributed by atoms with Crippen LogP contribution in [0.5, 0.6) is 0 Å². The number of likely N-dealkylation sites (N-methyl/N-ethyl adjacent to an activating group) is 1. The van der Waals surface area contributed by atoms with Gasteiger partial charge in [-0.1, -0.05) is 29.3 Å². The van der Waals surface area contributed by atoms with Crippen LogP contribution in [0.25, 0.3) is 0 Å². The molecule has 0 saturated heterocycles. The fraction of sp³-hybridized carbons (Fsp3) is 0.300. The second-order valence-corrected chi connectivity index (χ2v) is 10.8. The maximum Gasteiger partial charge on any atom is 0.244 e. The monoisotopic (exact) mass is 597 g/mol. The van der Waals surface area contributed by atoms with Crippen LogP contribution < -0.4 is 9.62 Å². The van der Waals surface area contributed by atoms with Gasteiger partial charge in [0.05, 0.1) is 22.0 Å². The lowest BCUT2D eigenvalue weighted by Gasteiger charge is -2.31. The predicted octanol–water partition coefficient (Wildman–Crippen LogP) is 3.53. The lowest BCUT2D eigenvalue weighted by atomic mass is 10.1. The average Bonchev–Trinajstić information content (AvgIpc) is 2.71. The van der Waals surface area contributed by atoms with Gasteiger partial charge >= 0.3 is 0 Å². The molecule has 7 nitrogen and oxygen atoms in total. The molecule has 0 bridgehead atoms. The van der Waals surface area contributed by atoms with E-state index in [1.54, 1.807) is 49.4 Å². The minimum Gasteiger partial charge on any atom is -0.357 e. The summed E-state index contributed by atoms with van der Waals surface area (Å²) < 4.78 is 26.8. The molecule has 0 aliphatic rings. The van der Waals surface area contributed by atoms with E-state index in [1.165, 1.54) is 11.9 Å². The fourth-order valence-corrected chi connectivity index (χ4v) is 4.38. The Morgan fingerprint density at radius 1 is 1.10 bits per heavy atom.